The molecule has 0 amide bonds. The van der Waals surface area contributed by atoms with Crippen LogP contribution in [0.5, 0.6) is 0 Å². The number of hydrogen-bond acceptors (Lipinski definition) is 1. The van der Waals surface area contributed by atoms with Crippen molar-refractivity contribution in [3.05, 3.63) is 42.2 Å². The standard InChI is InChI=1S/C15H20N2/c1-4-9-17-11-13(10-16-17)15-8-6-5-7-14(15)12(2)3/h5-8,10-12H,4,9H2,1-3H3. The van der Waals surface area contributed by atoms with Gasteiger partial charge in [0.2, 0.25) is 0 Å². The van der Waals surface area contributed by atoms with Gasteiger partial charge in [0.05, 0.1) is 6.20 Å². The minimum absolute atomic E-state index is 0.542. The van der Waals surface area contributed by atoms with Gasteiger partial charge in [0.25, 0.3) is 0 Å². The van der Waals surface area contributed by atoms with E-state index in [0.29, 0.717) is 5.92 Å². The van der Waals surface area contributed by atoms with E-state index in [0.717, 1.165) is 13.0 Å². The van der Waals surface area contributed by atoms with Crippen LogP contribution in [-0.2, 0) is 6.54 Å². The summed E-state index contributed by atoms with van der Waals surface area (Å²) >= 11 is 0. The number of benzene rings is 1. The lowest BCUT2D eigenvalue weighted by Gasteiger charge is -2.10. The second-order valence-electron chi connectivity index (χ2n) is 4.73. The van der Waals surface area contributed by atoms with E-state index in [2.05, 4.69) is 56.3 Å². The Labute approximate surface area is 103 Å². The summed E-state index contributed by atoms with van der Waals surface area (Å²) in [6, 6.07) is 8.59. The second-order valence-corrected chi connectivity index (χ2v) is 4.73. The molecule has 0 aliphatic heterocycles. The fourth-order valence-corrected chi connectivity index (χ4v) is 2.12. The van der Waals surface area contributed by atoms with Crippen molar-refractivity contribution in [3.63, 3.8) is 0 Å². The van der Waals surface area contributed by atoms with E-state index in [1.165, 1.54) is 16.7 Å². The highest BCUT2D eigenvalue weighted by Gasteiger charge is 2.09. The third kappa shape index (κ3) is 2.57. The molecule has 0 atom stereocenters. The van der Waals surface area contributed by atoms with Crippen molar-refractivity contribution in [2.24, 2.45) is 0 Å². The molecule has 1 heterocycles. The molecule has 2 heteroatoms. The summed E-state index contributed by atoms with van der Waals surface area (Å²) in [5.74, 6) is 0.542. The summed E-state index contributed by atoms with van der Waals surface area (Å²) < 4.78 is 2.02. The number of rotatable bonds is 4. The zero-order valence-corrected chi connectivity index (χ0v) is 10.9. The molecule has 0 fully saturated rings. The van der Waals surface area contributed by atoms with Gasteiger partial charge in [-0.05, 0) is 23.5 Å². The van der Waals surface area contributed by atoms with Crippen LogP contribution in [0.15, 0.2) is 36.7 Å². The first kappa shape index (κ1) is 11.9. The Hall–Kier alpha value is -1.57. The molecule has 1 aromatic carbocycles. The second kappa shape index (κ2) is 5.17. The van der Waals surface area contributed by atoms with Gasteiger partial charge >= 0.3 is 0 Å². The summed E-state index contributed by atoms with van der Waals surface area (Å²) in [6.45, 7) is 7.62. The average molecular weight is 228 g/mol. The van der Waals surface area contributed by atoms with E-state index in [1.807, 2.05) is 10.9 Å². The Morgan fingerprint density at radius 2 is 2.00 bits per heavy atom. The molecule has 0 saturated carbocycles. The van der Waals surface area contributed by atoms with Crippen molar-refractivity contribution in [2.75, 3.05) is 0 Å². The van der Waals surface area contributed by atoms with Crippen molar-refractivity contribution >= 4 is 0 Å². The zero-order valence-electron chi connectivity index (χ0n) is 10.9. The van der Waals surface area contributed by atoms with Gasteiger partial charge in [-0.3, -0.25) is 4.68 Å². The van der Waals surface area contributed by atoms with E-state index < -0.39 is 0 Å². The first-order chi connectivity index (χ1) is 8.22. The topological polar surface area (TPSA) is 17.8 Å². The van der Waals surface area contributed by atoms with Crippen LogP contribution < -0.4 is 0 Å². The third-order valence-corrected chi connectivity index (χ3v) is 2.98. The first-order valence-electron chi connectivity index (χ1n) is 6.34. The molecule has 17 heavy (non-hydrogen) atoms. The number of aromatic nitrogens is 2. The minimum atomic E-state index is 0.542. The first-order valence-corrected chi connectivity index (χ1v) is 6.34. The van der Waals surface area contributed by atoms with Gasteiger partial charge in [0, 0.05) is 18.3 Å². The Morgan fingerprint density at radius 1 is 1.24 bits per heavy atom. The molecule has 0 aliphatic rings. The molecular weight excluding hydrogens is 208 g/mol. The largest absolute Gasteiger partial charge is 0.272 e. The van der Waals surface area contributed by atoms with Gasteiger partial charge in [-0.1, -0.05) is 45.0 Å². The molecule has 2 rings (SSSR count). The number of nitrogens with zero attached hydrogens (tertiary/aromatic N) is 2. The molecule has 2 aromatic rings. The Bertz CT molecular complexity index is 483. The molecule has 0 saturated heterocycles. The van der Waals surface area contributed by atoms with Crippen molar-refractivity contribution in [2.45, 2.75) is 39.7 Å². The monoisotopic (exact) mass is 228 g/mol. The molecule has 0 radical (unpaired) electrons. The summed E-state index contributed by atoms with van der Waals surface area (Å²) in [5.41, 5.74) is 3.93. The average Bonchev–Trinajstić information content (AvgIpc) is 2.78. The van der Waals surface area contributed by atoms with Gasteiger partial charge in [0.15, 0.2) is 0 Å². The molecule has 2 nitrogen and oxygen atoms in total. The highest BCUT2D eigenvalue weighted by atomic mass is 15.3. The molecule has 0 unspecified atom stereocenters. The molecule has 0 N–H and O–H groups in total. The summed E-state index contributed by atoms with van der Waals surface area (Å²) in [6.07, 6.45) is 5.23. The Kier molecular flexibility index (Phi) is 3.62. The Balaban J connectivity index is 2.38. The summed E-state index contributed by atoms with van der Waals surface area (Å²) in [5, 5.41) is 4.40. The molecule has 90 valence electrons. The SMILES string of the molecule is CCCn1cc(-c2ccccc2C(C)C)cn1. The van der Waals surface area contributed by atoms with Gasteiger partial charge in [-0.15, -0.1) is 0 Å². The van der Waals surface area contributed by atoms with Crippen LogP contribution in [0.1, 0.15) is 38.7 Å². The zero-order chi connectivity index (χ0) is 12.3. The van der Waals surface area contributed by atoms with Crippen LogP contribution in [0.25, 0.3) is 11.1 Å². The molecular formula is C15H20N2. The van der Waals surface area contributed by atoms with Gasteiger partial charge in [-0.2, -0.15) is 5.10 Å². The fraction of sp³-hybridized carbons (Fsp3) is 0.400. The van der Waals surface area contributed by atoms with Crippen LogP contribution in [-0.4, -0.2) is 9.78 Å². The maximum atomic E-state index is 4.40. The normalized spacial score (nSPS) is 11.1. The molecule has 0 bridgehead atoms. The van der Waals surface area contributed by atoms with Crippen molar-refractivity contribution in [1.82, 2.24) is 9.78 Å². The van der Waals surface area contributed by atoms with E-state index >= 15 is 0 Å². The predicted molar refractivity (Wildman–Crippen MR) is 72.0 cm³/mol. The van der Waals surface area contributed by atoms with Crippen LogP contribution in [0.3, 0.4) is 0 Å². The van der Waals surface area contributed by atoms with Gasteiger partial charge in [0.1, 0.15) is 0 Å². The van der Waals surface area contributed by atoms with Crippen molar-refractivity contribution < 1.29 is 0 Å². The highest BCUT2D eigenvalue weighted by molar-refractivity contribution is 5.66. The fourth-order valence-electron chi connectivity index (χ4n) is 2.12. The maximum Gasteiger partial charge on any atom is 0.0568 e. The highest BCUT2D eigenvalue weighted by Crippen LogP contribution is 2.28. The maximum absolute atomic E-state index is 4.40. The van der Waals surface area contributed by atoms with E-state index in [4.69, 9.17) is 0 Å². The Morgan fingerprint density at radius 3 is 2.71 bits per heavy atom. The lowest BCUT2D eigenvalue weighted by molar-refractivity contribution is 0.603. The van der Waals surface area contributed by atoms with Gasteiger partial charge in [-0.25, -0.2) is 0 Å². The van der Waals surface area contributed by atoms with E-state index in [1.54, 1.807) is 0 Å². The number of aryl methyl sites for hydroxylation is 1. The smallest absolute Gasteiger partial charge is 0.0568 e. The molecule has 1 aromatic heterocycles. The third-order valence-electron chi connectivity index (χ3n) is 2.98. The molecule has 0 aliphatic carbocycles. The lowest BCUT2D eigenvalue weighted by Crippen LogP contribution is -1.95. The van der Waals surface area contributed by atoms with E-state index in [9.17, 15) is 0 Å². The van der Waals surface area contributed by atoms with Crippen molar-refractivity contribution in [1.29, 1.82) is 0 Å². The van der Waals surface area contributed by atoms with Crippen molar-refractivity contribution in [3.8, 4) is 11.1 Å². The lowest BCUT2D eigenvalue weighted by atomic mass is 9.94. The predicted octanol–water partition coefficient (Wildman–Crippen LogP) is 4.08. The molecule has 0 spiro atoms. The van der Waals surface area contributed by atoms with Gasteiger partial charge < -0.3 is 0 Å². The quantitative estimate of drug-likeness (QED) is 0.771. The summed E-state index contributed by atoms with van der Waals surface area (Å²) in [7, 11) is 0. The number of hydrogen-bond donors (Lipinski definition) is 0. The minimum Gasteiger partial charge on any atom is -0.272 e. The van der Waals surface area contributed by atoms with E-state index in [-0.39, 0.29) is 0 Å². The van der Waals surface area contributed by atoms with Crippen LogP contribution >= 0.6 is 0 Å². The summed E-state index contributed by atoms with van der Waals surface area (Å²) in [4.78, 5) is 0. The van der Waals surface area contributed by atoms with Crippen LogP contribution in [0, 0.1) is 0 Å². The van der Waals surface area contributed by atoms with Crippen LogP contribution in [0.4, 0.5) is 0 Å². The van der Waals surface area contributed by atoms with Crippen LogP contribution in [0.2, 0.25) is 0 Å².